The van der Waals surface area contributed by atoms with Crippen molar-refractivity contribution in [2.45, 2.75) is 13.0 Å². The number of carbonyl (C=O) groups excluding carboxylic acids is 1. The highest BCUT2D eigenvalue weighted by atomic mass is 35.5. The molecular formula is C22H23ClN4O. The molecule has 0 radical (unpaired) electrons. The monoisotopic (exact) mass is 394 g/mol. The van der Waals surface area contributed by atoms with Crippen LogP contribution in [0.3, 0.4) is 0 Å². The minimum Gasteiger partial charge on any atom is -0.337 e. The van der Waals surface area contributed by atoms with Crippen molar-refractivity contribution < 1.29 is 4.79 Å². The lowest BCUT2D eigenvalue weighted by Gasteiger charge is -2.21. The van der Waals surface area contributed by atoms with Crippen molar-refractivity contribution in [1.29, 1.82) is 0 Å². The first-order valence-electron chi connectivity index (χ1n) is 9.51. The standard InChI is InChI=1S/C22H23ClN4O/c1-26(13-16-3-2-9-24-12-16)14-17-8-10-27(15-17)22(28)20-7-5-18-4-6-19(23)11-21(18)25-20/h2-7,9,11-12,17H,8,10,13-15H2,1H3. The van der Waals surface area contributed by atoms with Gasteiger partial charge in [-0.25, -0.2) is 4.98 Å². The number of hydrogen-bond acceptors (Lipinski definition) is 4. The zero-order valence-electron chi connectivity index (χ0n) is 15.9. The highest BCUT2D eigenvalue weighted by molar-refractivity contribution is 6.31. The summed E-state index contributed by atoms with van der Waals surface area (Å²) < 4.78 is 0. The maximum Gasteiger partial charge on any atom is 0.272 e. The maximum atomic E-state index is 12.9. The van der Waals surface area contributed by atoms with E-state index < -0.39 is 0 Å². The predicted octanol–water partition coefficient (Wildman–Crippen LogP) is 3.88. The molecule has 28 heavy (non-hydrogen) atoms. The largest absolute Gasteiger partial charge is 0.337 e. The Labute approximate surface area is 170 Å². The van der Waals surface area contributed by atoms with Gasteiger partial charge in [0.15, 0.2) is 0 Å². The predicted molar refractivity (Wildman–Crippen MR) is 111 cm³/mol. The van der Waals surface area contributed by atoms with E-state index in [4.69, 9.17) is 11.6 Å². The van der Waals surface area contributed by atoms with Gasteiger partial charge in [0.2, 0.25) is 0 Å². The molecule has 5 nitrogen and oxygen atoms in total. The van der Waals surface area contributed by atoms with Gasteiger partial charge in [-0.3, -0.25) is 9.78 Å². The summed E-state index contributed by atoms with van der Waals surface area (Å²) in [5.41, 5.74) is 2.44. The van der Waals surface area contributed by atoms with Crippen LogP contribution in [0.25, 0.3) is 10.9 Å². The van der Waals surface area contributed by atoms with Crippen LogP contribution in [0.1, 0.15) is 22.5 Å². The molecule has 0 saturated carbocycles. The summed E-state index contributed by atoms with van der Waals surface area (Å²) in [4.78, 5) is 25.8. The van der Waals surface area contributed by atoms with Crippen molar-refractivity contribution in [3.8, 4) is 0 Å². The molecule has 6 heteroatoms. The lowest BCUT2D eigenvalue weighted by Crippen LogP contribution is -2.32. The van der Waals surface area contributed by atoms with Gasteiger partial charge in [0.1, 0.15) is 5.69 Å². The number of aromatic nitrogens is 2. The Morgan fingerprint density at radius 3 is 2.96 bits per heavy atom. The van der Waals surface area contributed by atoms with Gasteiger partial charge in [0, 0.05) is 49.0 Å². The van der Waals surface area contributed by atoms with Crippen molar-refractivity contribution in [2.24, 2.45) is 5.92 Å². The van der Waals surface area contributed by atoms with E-state index in [1.54, 1.807) is 18.3 Å². The molecule has 2 aromatic heterocycles. The molecule has 0 bridgehead atoms. The molecule has 3 aromatic rings. The summed E-state index contributed by atoms with van der Waals surface area (Å²) >= 11 is 6.06. The Morgan fingerprint density at radius 2 is 2.14 bits per heavy atom. The first-order chi connectivity index (χ1) is 13.6. The Morgan fingerprint density at radius 1 is 1.29 bits per heavy atom. The third-order valence-corrected chi connectivity index (χ3v) is 5.43. The lowest BCUT2D eigenvalue weighted by molar-refractivity contribution is 0.0778. The van der Waals surface area contributed by atoms with Crippen molar-refractivity contribution >= 4 is 28.4 Å². The lowest BCUT2D eigenvalue weighted by atomic mass is 10.1. The molecule has 1 aliphatic heterocycles. The van der Waals surface area contributed by atoms with Gasteiger partial charge in [-0.05, 0) is 49.2 Å². The van der Waals surface area contributed by atoms with Gasteiger partial charge >= 0.3 is 0 Å². The second kappa shape index (κ2) is 8.25. The first-order valence-corrected chi connectivity index (χ1v) is 9.89. The third-order valence-electron chi connectivity index (χ3n) is 5.19. The quantitative estimate of drug-likeness (QED) is 0.659. The van der Waals surface area contributed by atoms with Crippen LogP contribution >= 0.6 is 11.6 Å². The summed E-state index contributed by atoms with van der Waals surface area (Å²) in [6.07, 6.45) is 4.71. The molecule has 1 unspecified atom stereocenters. The topological polar surface area (TPSA) is 49.3 Å². The van der Waals surface area contributed by atoms with Crippen LogP contribution in [0.4, 0.5) is 0 Å². The molecule has 0 aliphatic carbocycles. The fraction of sp³-hybridized carbons (Fsp3) is 0.318. The number of likely N-dealkylation sites (tertiary alicyclic amines) is 1. The number of hydrogen-bond donors (Lipinski definition) is 0. The van der Waals surface area contributed by atoms with Crippen molar-refractivity contribution in [1.82, 2.24) is 19.8 Å². The molecule has 1 atom stereocenters. The van der Waals surface area contributed by atoms with Gasteiger partial charge < -0.3 is 9.80 Å². The molecule has 1 aliphatic rings. The van der Waals surface area contributed by atoms with Crippen molar-refractivity contribution in [3.63, 3.8) is 0 Å². The molecule has 144 valence electrons. The Bertz CT molecular complexity index is 979. The molecule has 4 rings (SSSR count). The van der Waals surface area contributed by atoms with Crippen LogP contribution in [0.5, 0.6) is 0 Å². The van der Waals surface area contributed by atoms with E-state index in [-0.39, 0.29) is 5.91 Å². The molecule has 1 fully saturated rings. The molecule has 1 aromatic carbocycles. The Kier molecular flexibility index (Phi) is 5.55. The number of carbonyl (C=O) groups is 1. The molecule has 3 heterocycles. The van der Waals surface area contributed by atoms with E-state index in [9.17, 15) is 4.79 Å². The zero-order chi connectivity index (χ0) is 19.5. The van der Waals surface area contributed by atoms with Crippen LogP contribution in [0, 0.1) is 5.92 Å². The molecule has 1 saturated heterocycles. The Hall–Kier alpha value is -2.50. The van der Waals surface area contributed by atoms with E-state index >= 15 is 0 Å². The third kappa shape index (κ3) is 4.32. The zero-order valence-corrected chi connectivity index (χ0v) is 16.6. The minimum absolute atomic E-state index is 0.000659. The number of benzene rings is 1. The summed E-state index contributed by atoms with van der Waals surface area (Å²) in [5, 5.41) is 1.61. The van der Waals surface area contributed by atoms with Gasteiger partial charge in [0.05, 0.1) is 5.52 Å². The van der Waals surface area contributed by atoms with Crippen LogP contribution in [0.15, 0.2) is 54.9 Å². The van der Waals surface area contributed by atoms with Crippen LogP contribution in [-0.4, -0.2) is 52.4 Å². The maximum absolute atomic E-state index is 12.9. The van der Waals surface area contributed by atoms with Crippen LogP contribution in [0.2, 0.25) is 5.02 Å². The second-order valence-electron chi connectivity index (χ2n) is 7.50. The SMILES string of the molecule is CN(Cc1cccnc1)CC1CCN(C(=O)c2ccc3ccc(Cl)cc3n2)C1. The number of nitrogens with zero attached hydrogens (tertiary/aromatic N) is 4. The fourth-order valence-electron chi connectivity index (χ4n) is 3.85. The van der Waals surface area contributed by atoms with E-state index in [0.29, 0.717) is 16.6 Å². The molecule has 0 N–H and O–H groups in total. The second-order valence-corrected chi connectivity index (χ2v) is 7.93. The summed E-state index contributed by atoms with van der Waals surface area (Å²) in [7, 11) is 2.12. The van der Waals surface area contributed by atoms with E-state index in [1.165, 1.54) is 5.56 Å². The number of rotatable bonds is 5. The molecule has 0 spiro atoms. The van der Waals surface area contributed by atoms with Gasteiger partial charge in [-0.2, -0.15) is 0 Å². The average Bonchev–Trinajstić information content (AvgIpc) is 3.15. The van der Waals surface area contributed by atoms with Crippen LogP contribution in [-0.2, 0) is 6.54 Å². The molecular weight excluding hydrogens is 372 g/mol. The molecule has 1 amide bonds. The average molecular weight is 395 g/mol. The number of fused-ring (bicyclic) bond motifs is 1. The van der Waals surface area contributed by atoms with E-state index in [1.807, 2.05) is 35.4 Å². The van der Waals surface area contributed by atoms with Gasteiger partial charge in [-0.1, -0.05) is 29.8 Å². The first kappa shape index (κ1) is 18.8. The smallest absolute Gasteiger partial charge is 0.272 e. The fourth-order valence-corrected chi connectivity index (χ4v) is 4.01. The van der Waals surface area contributed by atoms with Crippen molar-refractivity contribution in [3.05, 3.63) is 71.1 Å². The highest BCUT2D eigenvalue weighted by Crippen LogP contribution is 2.22. The summed E-state index contributed by atoms with van der Waals surface area (Å²) in [5.74, 6) is 0.472. The Balaban J connectivity index is 1.37. The minimum atomic E-state index is -0.000659. The number of pyridine rings is 2. The summed E-state index contributed by atoms with van der Waals surface area (Å²) in [6.45, 7) is 3.37. The van der Waals surface area contributed by atoms with Gasteiger partial charge in [0.25, 0.3) is 5.91 Å². The summed E-state index contributed by atoms with van der Waals surface area (Å²) in [6, 6.07) is 13.3. The van der Waals surface area contributed by atoms with Crippen molar-refractivity contribution in [2.75, 3.05) is 26.7 Å². The van der Waals surface area contributed by atoms with Crippen LogP contribution < -0.4 is 0 Å². The number of amides is 1. The van der Waals surface area contributed by atoms with Gasteiger partial charge in [-0.15, -0.1) is 0 Å². The normalized spacial score (nSPS) is 16.8. The van der Waals surface area contributed by atoms with E-state index in [2.05, 4.69) is 28.0 Å². The number of halogens is 1. The highest BCUT2D eigenvalue weighted by Gasteiger charge is 2.28. The van der Waals surface area contributed by atoms with E-state index in [0.717, 1.165) is 43.5 Å².